The smallest absolute Gasteiger partial charge is 0.279 e. The second-order valence-corrected chi connectivity index (χ2v) is 5.98. The van der Waals surface area contributed by atoms with E-state index in [2.05, 4.69) is 11.6 Å². The lowest BCUT2D eigenvalue weighted by molar-refractivity contribution is 0.129. The SMILES string of the molecule is CCCCOCCCNS(=O)(=O)N(C)CCCO. The van der Waals surface area contributed by atoms with Gasteiger partial charge in [-0.1, -0.05) is 13.3 Å². The Hall–Kier alpha value is -0.210. The Bertz CT molecular complexity index is 283. The summed E-state index contributed by atoms with van der Waals surface area (Å²) in [5.74, 6) is 0. The summed E-state index contributed by atoms with van der Waals surface area (Å²) in [7, 11) is -1.92. The van der Waals surface area contributed by atoms with Crippen molar-refractivity contribution < 1.29 is 18.3 Å². The third kappa shape index (κ3) is 8.82. The average molecular weight is 282 g/mol. The molecule has 0 atom stereocenters. The molecule has 0 aliphatic rings. The minimum Gasteiger partial charge on any atom is -0.396 e. The molecule has 0 rings (SSSR count). The molecule has 0 aromatic rings. The topological polar surface area (TPSA) is 78.9 Å². The van der Waals surface area contributed by atoms with Gasteiger partial charge in [-0.15, -0.1) is 0 Å². The number of ether oxygens (including phenoxy) is 1. The molecule has 0 unspecified atom stereocenters. The zero-order valence-corrected chi connectivity index (χ0v) is 12.2. The first-order valence-electron chi connectivity index (χ1n) is 6.44. The van der Waals surface area contributed by atoms with Crippen molar-refractivity contribution in [3.63, 3.8) is 0 Å². The van der Waals surface area contributed by atoms with E-state index in [1.54, 1.807) is 0 Å². The van der Waals surface area contributed by atoms with Gasteiger partial charge in [0.05, 0.1) is 0 Å². The standard InChI is InChI=1S/C11H26N2O4S/c1-3-4-10-17-11-5-7-12-18(15,16)13(2)8-6-9-14/h12,14H,3-11H2,1-2H3. The van der Waals surface area contributed by atoms with Gasteiger partial charge in [0, 0.05) is 40.0 Å². The highest BCUT2D eigenvalue weighted by molar-refractivity contribution is 7.87. The van der Waals surface area contributed by atoms with Crippen molar-refractivity contribution in [3.05, 3.63) is 0 Å². The van der Waals surface area contributed by atoms with Crippen LogP contribution in [-0.4, -0.2) is 57.8 Å². The van der Waals surface area contributed by atoms with E-state index in [4.69, 9.17) is 9.84 Å². The van der Waals surface area contributed by atoms with E-state index >= 15 is 0 Å². The summed E-state index contributed by atoms with van der Waals surface area (Å²) < 4.78 is 32.4. The molecule has 0 amide bonds. The summed E-state index contributed by atoms with van der Waals surface area (Å²) >= 11 is 0. The normalized spacial score (nSPS) is 12.2. The molecule has 0 bridgehead atoms. The molecule has 0 saturated heterocycles. The molecular formula is C11H26N2O4S. The van der Waals surface area contributed by atoms with E-state index in [9.17, 15) is 8.42 Å². The van der Waals surface area contributed by atoms with E-state index in [1.807, 2.05) is 0 Å². The molecular weight excluding hydrogens is 256 g/mol. The maximum atomic E-state index is 11.7. The van der Waals surface area contributed by atoms with Crippen molar-refractivity contribution in [3.8, 4) is 0 Å². The van der Waals surface area contributed by atoms with Gasteiger partial charge >= 0.3 is 0 Å². The number of nitrogens with one attached hydrogen (secondary N) is 1. The first kappa shape index (κ1) is 17.8. The minimum absolute atomic E-state index is 0.00880. The summed E-state index contributed by atoms with van der Waals surface area (Å²) in [5, 5.41) is 8.64. The Morgan fingerprint density at radius 3 is 2.50 bits per heavy atom. The molecule has 7 heteroatoms. The maximum absolute atomic E-state index is 11.7. The zero-order chi connectivity index (χ0) is 13.9. The van der Waals surface area contributed by atoms with Gasteiger partial charge < -0.3 is 9.84 Å². The van der Waals surface area contributed by atoms with Crippen LogP contribution >= 0.6 is 0 Å². The number of nitrogens with zero attached hydrogens (tertiary/aromatic N) is 1. The lowest BCUT2D eigenvalue weighted by Gasteiger charge is -2.17. The molecule has 18 heavy (non-hydrogen) atoms. The van der Waals surface area contributed by atoms with Gasteiger partial charge in [0.25, 0.3) is 10.2 Å². The van der Waals surface area contributed by atoms with Gasteiger partial charge in [-0.05, 0) is 19.3 Å². The van der Waals surface area contributed by atoms with E-state index in [1.165, 1.54) is 11.4 Å². The molecule has 0 saturated carbocycles. The predicted octanol–water partition coefficient (Wildman–Crippen LogP) is 0.342. The van der Waals surface area contributed by atoms with Crippen molar-refractivity contribution in [1.82, 2.24) is 9.03 Å². The fourth-order valence-corrected chi connectivity index (χ4v) is 2.24. The second kappa shape index (κ2) is 10.7. The number of rotatable bonds is 12. The Morgan fingerprint density at radius 2 is 1.89 bits per heavy atom. The van der Waals surface area contributed by atoms with Crippen molar-refractivity contribution in [1.29, 1.82) is 0 Å². The quantitative estimate of drug-likeness (QED) is 0.506. The largest absolute Gasteiger partial charge is 0.396 e. The summed E-state index contributed by atoms with van der Waals surface area (Å²) in [5.41, 5.74) is 0. The van der Waals surface area contributed by atoms with Gasteiger partial charge in [0.1, 0.15) is 0 Å². The van der Waals surface area contributed by atoms with E-state index in [0.717, 1.165) is 19.4 Å². The summed E-state index contributed by atoms with van der Waals surface area (Å²) in [4.78, 5) is 0. The highest BCUT2D eigenvalue weighted by Gasteiger charge is 2.15. The van der Waals surface area contributed by atoms with Crippen molar-refractivity contribution >= 4 is 10.2 Å². The Labute approximate surface area is 111 Å². The maximum Gasteiger partial charge on any atom is 0.279 e. The number of unbranched alkanes of at least 4 members (excludes halogenated alkanes) is 1. The summed E-state index contributed by atoms with van der Waals surface area (Å²) in [6.45, 7) is 4.09. The lowest BCUT2D eigenvalue weighted by atomic mass is 10.4. The van der Waals surface area contributed by atoms with E-state index in [0.29, 0.717) is 32.5 Å². The van der Waals surface area contributed by atoms with Crippen LogP contribution in [0.5, 0.6) is 0 Å². The first-order valence-corrected chi connectivity index (χ1v) is 7.88. The van der Waals surface area contributed by atoms with Crippen molar-refractivity contribution in [2.24, 2.45) is 0 Å². The third-order valence-electron chi connectivity index (χ3n) is 2.43. The van der Waals surface area contributed by atoms with Crippen LogP contribution in [0.1, 0.15) is 32.6 Å². The first-order chi connectivity index (χ1) is 8.54. The van der Waals surface area contributed by atoms with Crippen LogP contribution in [0.3, 0.4) is 0 Å². The number of hydrogen-bond acceptors (Lipinski definition) is 4. The van der Waals surface area contributed by atoms with Crippen LogP contribution < -0.4 is 4.72 Å². The molecule has 0 aromatic heterocycles. The third-order valence-corrected chi connectivity index (χ3v) is 4.01. The van der Waals surface area contributed by atoms with Gasteiger partial charge in [-0.2, -0.15) is 12.7 Å². The highest BCUT2D eigenvalue weighted by Crippen LogP contribution is 1.96. The summed E-state index contributed by atoms with van der Waals surface area (Å²) in [6, 6.07) is 0. The van der Waals surface area contributed by atoms with Gasteiger partial charge in [-0.3, -0.25) is 0 Å². The van der Waals surface area contributed by atoms with Crippen LogP contribution in [0.4, 0.5) is 0 Å². The molecule has 0 aromatic carbocycles. The monoisotopic (exact) mass is 282 g/mol. The Morgan fingerprint density at radius 1 is 1.22 bits per heavy atom. The van der Waals surface area contributed by atoms with Gasteiger partial charge in [0.15, 0.2) is 0 Å². The lowest BCUT2D eigenvalue weighted by Crippen LogP contribution is -2.39. The molecule has 0 fully saturated rings. The minimum atomic E-state index is -3.41. The molecule has 0 aliphatic carbocycles. The molecule has 110 valence electrons. The average Bonchev–Trinajstić information content (AvgIpc) is 2.34. The second-order valence-electron chi connectivity index (χ2n) is 4.12. The van der Waals surface area contributed by atoms with Crippen LogP contribution in [0, 0.1) is 0 Å². The predicted molar refractivity (Wildman–Crippen MR) is 71.6 cm³/mol. The zero-order valence-electron chi connectivity index (χ0n) is 11.4. The van der Waals surface area contributed by atoms with Crippen molar-refractivity contribution in [2.75, 3.05) is 40.0 Å². The molecule has 0 heterocycles. The Kier molecular flexibility index (Phi) is 10.6. The molecule has 0 aliphatic heterocycles. The fourth-order valence-electron chi connectivity index (χ4n) is 1.25. The van der Waals surface area contributed by atoms with Crippen LogP contribution in [-0.2, 0) is 14.9 Å². The van der Waals surface area contributed by atoms with Crippen LogP contribution in [0.15, 0.2) is 0 Å². The summed E-state index contributed by atoms with van der Waals surface area (Å²) in [6.07, 6.45) is 3.24. The van der Waals surface area contributed by atoms with E-state index < -0.39 is 10.2 Å². The number of aliphatic hydroxyl groups is 1. The number of hydrogen-bond donors (Lipinski definition) is 2. The Balaban J connectivity index is 3.64. The molecule has 6 nitrogen and oxygen atoms in total. The number of aliphatic hydroxyl groups excluding tert-OH is 1. The fraction of sp³-hybridized carbons (Fsp3) is 1.00. The highest BCUT2D eigenvalue weighted by atomic mass is 32.2. The van der Waals surface area contributed by atoms with Crippen LogP contribution in [0.25, 0.3) is 0 Å². The molecule has 0 radical (unpaired) electrons. The molecule has 0 spiro atoms. The van der Waals surface area contributed by atoms with E-state index in [-0.39, 0.29) is 6.61 Å². The van der Waals surface area contributed by atoms with Gasteiger partial charge in [-0.25, -0.2) is 4.72 Å². The van der Waals surface area contributed by atoms with Gasteiger partial charge in [0.2, 0.25) is 0 Å². The molecule has 2 N–H and O–H groups in total. The van der Waals surface area contributed by atoms with Crippen LogP contribution in [0.2, 0.25) is 0 Å². The van der Waals surface area contributed by atoms with Crippen molar-refractivity contribution in [2.45, 2.75) is 32.6 Å².